The van der Waals surface area contributed by atoms with Crippen LogP contribution in [0.5, 0.6) is 0 Å². The topological polar surface area (TPSA) is 47.6 Å². The second-order valence-corrected chi connectivity index (χ2v) is 8.21. The van der Waals surface area contributed by atoms with Crippen LogP contribution < -0.4 is 5.32 Å². The molecule has 0 aliphatic carbocycles. The Balaban J connectivity index is 1.86. The maximum absolute atomic E-state index is 11.5. The Bertz CT molecular complexity index is 841. The van der Waals surface area contributed by atoms with Crippen LogP contribution in [0.25, 0.3) is 17.2 Å². The zero-order valence-electron chi connectivity index (χ0n) is 17.3. The molecule has 5 heteroatoms. The smallest absolute Gasteiger partial charge is 0.400 e. The van der Waals surface area contributed by atoms with Crippen LogP contribution in [-0.2, 0) is 14.1 Å². The maximum Gasteiger partial charge on any atom is 0.492 e. The molecule has 1 aliphatic heterocycles. The van der Waals surface area contributed by atoms with Gasteiger partial charge in [-0.15, -0.1) is 0 Å². The van der Waals surface area contributed by atoms with Gasteiger partial charge in [0.15, 0.2) is 0 Å². The van der Waals surface area contributed by atoms with Gasteiger partial charge in [0.2, 0.25) is 5.91 Å². The second-order valence-electron chi connectivity index (χ2n) is 8.21. The van der Waals surface area contributed by atoms with E-state index < -0.39 is 18.3 Å². The van der Waals surface area contributed by atoms with E-state index in [1.54, 1.807) is 0 Å². The van der Waals surface area contributed by atoms with E-state index in [2.05, 4.69) is 41.7 Å². The largest absolute Gasteiger partial charge is 0.492 e. The zero-order valence-corrected chi connectivity index (χ0v) is 17.3. The molecule has 0 unspecified atom stereocenters. The second kappa shape index (κ2) is 7.94. The summed E-state index contributed by atoms with van der Waals surface area (Å²) in [5.74, 6) is -0.0816. The lowest BCUT2D eigenvalue weighted by Gasteiger charge is -2.32. The van der Waals surface area contributed by atoms with E-state index in [9.17, 15) is 4.79 Å². The number of carbonyl (C=O) groups excluding carboxylic acids is 1. The van der Waals surface area contributed by atoms with Crippen molar-refractivity contribution in [3.8, 4) is 11.1 Å². The first kappa shape index (κ1) is 20.4. The molecule has 0 bridgehead atoms. The van der Waals surface area contributed by atoms with E-state index in [-0.39, 0.29) is 5.91 Å². The average Bonchev–Trinajstić information content (AvgIpc) is 2.87. The molecule has 28 heavy (non-hydrogen) atoms. The SMILES string of the molecule is CC(=O)NCC(=Cc1ccc(-c2ccccc2)cc1)B1OC(C)(C)C(C)(C)O1. The Morgan fingerprint density at radius 3 is 2.00 bits per heavy atom. The lowest BCUT2D eigenvalue weighted by Crippen LogP contribution is -2.41. The van der Waals surface area contributed by atoms with Crippen LogP contribution in [0.15, 0.2) is 60.1 Å². The monoisotopic (exact) mass is 377 g/mol. The molecule has 2 aromatic rings. The van der Waals surface area contributed by atoms with Gasteiger partial charge in [-0.1, -0.05) is 60.7 Å². The van der Waals surface area contributed by atoms with Gasteiger partial charge in [0.25, 0.3) is 0 Å². The van der Waals surface area contributed by atoms with Crippen molar-refractivity contribution in [2.75, 3.05) is 6.54 Å². The fraction of sp³-hybridized carbons (Fsp3) is 0.348. The molecule has 1 aliphatic rings. The molecule has 2 aromatic carbocycles. The van der Waals surface area contributed by atoms with E-state index in [1.807, 2.05) is 52.0 Å². The summed E-state index contributed by atoms with van der Waals surface area (Å²) in [6.45, 7) is 9.99. The number of amides is 1. The summed E-state index contributed by atoms with van der Waals surface area (Å²) in [5, 5.41) is 2.87. The van der Waals surface area contributed by atoms with Gasteiger partial charge in [-0.3, -0.25) is 4.79 Å². The summed E-state index contributed by atoms with van der Waals surface area (Å²) in [7, 11) is -0.495. The fourth-order valence-corrected chi connectivity index (χ4v) is 3.04. The molecule has 3 rings (SSSR count). The third-order valence-electron chi connectivity index (χ3n) is 5.47. The van der Waals surface area contributed by atoms with Crippen molar-refractivity contribution in [3.05, 3.63) is 65.6 Å². The first-order valence-electron chi connectivity index (χ1n) is 9.64. The third-order valence-corrected chi connectivity index (χ3v) is 5.47. The molecule has 4 nitrogen and oxygen atoms in total. The number of hydrogen-bond acceptors (Lipinski definition) is 3. The van der Waals surface area contributed by atoms with Gasteiger partial charge in [0, 0.05) is 13.5 Å². The van der Waals surface area contributed by atoms with Crippen LogP contribution in [0.3, 0.4) is 0 Å². The van der Waals surface area contributed by atoms with Crippen molar-refractivity contribution in [1.82, 2.24) is 5.32 Å². The average molecular weight is 377 g/mol. The fourth-order valence-electron chi connectivity index (χ4n) is 3.04. The van der Waals surface area contributed by atoms with Crippen LogP contribution in [0.2, 0.25) is 0 Å². The predicted molar refractivity (Wildman–Crippen MR) is 115 cm³/mol. The lowest BCUT2D eigenvalue weighted by atomic mass is 9.77. The highest BCUT2D eigenvalue weighted by Gasteiger charge is 2.52. The van der Waals surface area contributed by atoms with Gasteiger partial charge < -0.3 is 14.6 Å². The van der Waals surface area contributed by atoms with Gasteiger partial charge in [-0.2, -0.15) is 0 Å². The van der Waals surface area contributed by atoms with Crippen LogP contribution in [0, 0.1) is 0 Å². The Hall–Kier alpha value is -2.37. The van der Waals surface area contributed by atoms with E-state index >= 15 is 0 Å². The van der Waals surface area contributed by atoms with Crippen molar-refractivity contribution in [3.63, 3.8) is 0 Å². The third kappa shape index (κ3) is 4.54. The van der Waals surface area contributed by atoms with E-state index in [0.717, 1.165) is 16.6 Å². The van der Waals surface area contributed by atoms with Gasteiger partial charge >= 0.3 is 7.12 Å². The minimum Gasteiger partial charge on any atom is -0.400 e. The standard InChI is InChI=1S/C23H28BNO3/c1-17(26)25-16-21(24-27-22(2,3)23(4,5)28-24)15-18-11-13-20(14-12-18)19-9-7-6-8-10-19/h6-15H,16H2,1-5H3,(H,25,26). The Morgan fingerprint density at radius 2 is 1.46 bits per heavy atom. The summed E-state index contributed by atoms with van der Waals surface area (Å²) in [6, 6.07) is 18.6. The van der Waals surface area contributed by atoms with E-state index in [4.69, 9.17) is 9.31 Å². The van der Waals surface area contributed by atoms with Crippen LogP contribution >= 0.6 is 0 Å². The predicted octanol–water partition coefficient (Wildman–Crippen LogP) is 4.50. The molecular formula is C23H28BNO3. The Labute approximate surface area is 168 Å². The zero-order chi connectivity index (χ0) is 20.4. The van der Waals surface area contributed by atoms with Crippen molar-refractivity contribution in [2.45, 2.75) is 45.8 Å². The normalized spacial score (nSPS) is 18.2. The van der Waals surface area contributed by atoms with Crippen LogP contribution in [0.1, 0.15) is 40.2 Å². The summed E-state index contributed by atoms with van der Waals surface area (Å²) < 4.78 is 12.4. The van der Waals surface area contributed by atoms with Crippen LogP contribution in [0.4, 0.5) is 0 Å². The molecule has 0 aromatic heterocycles. The Morgan fingerprint density at radius 1 is 0.929 bits per heavy atom. The highest BCUT2D eigenvalue weighted by molar-refractivity contribution is 6.56. The summed E-state index contributed by atoms with van der Waals surface area (Å²) in [5.41, 5.74) is 3.42. The molecule has 1 N–H and O–H groups in total. The van der Waals surface area contributed by atoms with Crippen molar-refractivity contribution < 1.29 is 14.1 Å². The van der Waals surface area contributed by atoms with Gasteiger partial charge in [-0.25, -0.2) is 0 Å². The highest BCUT2D eigenvalue weighted by atomic mass is 16.7. The van der Waals surface area contributed by atoms with Gasteiger partial charge in [0.05, 0.1) is 11.2 Å². The molecule has 0 saturated carbocycles. The number of carbonyl (C=O) groups is 1. The minimum atomic E-state index is -0.495. The molecule has 1 fully saturated rings. The highest BCUT2D eigenvalue weighted by Crippen LogP contribution is 2.38. The van der Waals surface area contributed by atoms with Crippen LogP contribution in [-0.4, -0.2) is 30.8 Å². The first-order valence-corrected chi connectivity index (χ1v) is 9.64. The quantitative estimate of drug-likeness (QED) is 0.781. The molecule has 0 spiro atoms. The maximum atomic E-state index is 11.5. The molecule has 0 atom stereocenters. The van der Waals surface area contributed by atoms with Crippen molar-refractivity contribution in [2.24, 2.45) is 0 Å². The number of hydrogen-bond donors (Lipinski definition) is 1. The summed E-state index contributed by atoms with van der Waals surface area (Å²) >= 11 is 0. The lowest BCUT2D eigenvalue weighted by molar-refractivity contribution is -0.118. The van der Waals surface area contributed by atoms with Crippen molar-refractivity contribution in [1.29, 1.82) is 0 Å². The molecule has 146 valence electrons. The minimum absolute atomic E-state index is 0.0816. The van der Waals surface area contributed by atoms with E-state index in [1.165, 1.54) is 12.5 Å². The molecule has 0 radical (unpaired) electrons. The summed E-state index contributed by atoms with van der Waals surface area (Å²) in [4.78, 5) is 11.5. The van der Waals surface area contributed by atoms with Crippen molar-refractivity contribution >= 4 is 19.1 Å². The van der Waals surface area contributed by atoms with E-state index in [0.29, 0.717) is 6.54 Å². The van der Waals surface area contributed by atoms with Gasteiger partial charge in [-0.05, 0) is 49.9 Å². The van der Waals surface area contributed by atoms with Gasteiger partial charge in [0.1, 0.15) is 0 Å². The summed E-state index contributed by atoms with van der Waals surface area (Å²) in [6.07, 6.45) is 2.03. The number of benzene rings is 2. The Kier molecular flexibility index (Phi) is 5.78. The molecular weight excluding hydrogens is 349 g/mol. The number of nitrogens with one attached hydrogen (secondary N) is 1. The number of rotatable bonds is 5. The molecule has 1 heterocycles. The first-order chi connectivity index (χ1) is 13.2. The molecule has 1 saturated heterocycles. The molecule has 1 amide bonds.